The van der Waals surface area contributed by atoms with Gasteiger partial charge in [0.25, 0.3) is 0 Å². The van der Waals surface area contributed by atoms with E-state index in [1.54, 1.807) is 0 Å². The molecule has 2 aromatic carbocycles. The summed E-state index contributed by atoms with van der Waals surface area (Å²) in [6.07, 6.45) is 1.41. The summed E-state index contributed by atoms with van der Waals surface area (Å²) in [7, 11) is 0. The van der Waals surface area contributed by atoms with Gasteiger partial charge in [0, 0.05) is 17.3 Å². The van der Waals surface area contributed by atoms with Gasteiger partial charge in [-0.15, -0.1) is 0 Å². The van der Waals surface area contributed by atoms with Gasteiger partial charge in [0.15, 0.2) is 5.78 Å². The number of benzene rings is 2. The molecule has 26 heavy (non-hydrogen) atoms. The van der Waals surface area contributed by atoms with Crippen LogP contribution in [0.5, 0.6) is 0 Å². The molecule has 3 nitrogen and oxygen atoms in total. The summed E-state index contributed by atoms with van der Waals surface area (Å²) in [5.41, 5.74) is 2.64. The number of aliphatic imine (C=N–C) groups is 1. The van der Waals surface area contributed by atoms with E-state index >= 15 is 0 Å². The minimum absolute atomic E-state index is 0.0365. The van der Waals surface area contributed by atoms with Crippen LogP contribution >= 0.6 is 15.9 Å². The zero-order valence-electron chi connectivity index (χ0n) is 15.0. The Morgan fingerprint density at radius 1 is 1.08 bits per heavy atom. The van der Waals surface area contributed by atoms with Crippen LogP contribution in [0.25, 0.3) is 0 Å². The predicted molar refractivity (Wildman–Crippen MR) is 109 cm³/mol. The number of allylic oxidation sites excluding steroid dienone is 2. The number of ketones is 1. The third-order valence-corrected chi connectivity index (χ3v) is 4.97. The predicted octanol–water partition coefficient (Wildman–Crippen LogP) is 5.97. The summed E-state index contributed by atoms with van der Waals surface area (Å²) in [6.45, 7) is 4.13. The molecule has 0 saturated heterocycles. The lowest BCUT2D eigenvalue weighted by molar-refractivity contribution is -0.117. The lowest BCUT2D eigenvalue weighted by atomic mass is 9.73. The summed E-state index contributed by atoms with van der Waals surface area (Å²) in [6, 6.07) is 17.3. The number of aliphatic hydroxyl groups is 1. The number of Topliss-reactive ketones (excluding diaryl/α,β-unsaturated/α-hetero) is 1. The SMILES string of the molecule is CC1(C)CC(=O)/C(=C(/O)Cc2ccccc2)C(=Nc2ccc(Br)cc2)C1. The molecular formula is C22H22BrNO2. The molecule has 0 heterocycles. The van der Waals surface area contributed by atoms with Crippen molar-refractivity contribution in [3.63, 3.8) is 0 Å². The Morgan fingerprint density at radius 2 is 1.73 bits per heavy atom. The van der Waals surface area contributed by atoms with Crippen LogP contribution in [0.4, 0.5) is 5.69 Å². The summed E-state index contributed by atoms with van der Waals surface area (Å²) in [5, 5.41) is 10.7. The smallest absolute Gasteiger partial charge is 0.168 e. The van der Waals surface area contributed by atoms with Crippen LogP contribution in [0.3, 0.4) is 0 Å². The minimum Gasteiger partial charge on any atom is -0.511 e. The van der Waals surface area contributed by atoms with E-state index in [0.29, 0.717) is 30.5 Å². The van der Waals surface area contributed by atoms with E-state index < -0.39 is 0 Å². The Hall–Kier alpha value is -2.20. The molecule has 1 aliphatic carbocycles. The fraction of sp³-hybridized carbons (Fsp3) is 0.273. The number of rotatable bonds is 3. The first-order chi connectivity index (χ1) is 12.3. The molecule has 1 saturated carbocycles. The zero-order chi connectivity index (χ0) is 18.7. The van der Waals surface area contributed by atoms with E-state index in [2.05, 4.69) is 29.8 Å². The van der Waals surface area contributed by atoms with Gasteiger partial charge in [-0.1, -0.05) is 60.1 Å². The molecule has 4 heteroatoms. The highest BCUT2D eigenvalue weighted by Crippen LogP contribution is 2.36. The molecule has 0 spiro atoms. The maximum atomic E-state index is 12.8. The van der Waals surface area contributed by atoms with E-state index in [4.69, 9.17) is 4.99 Å². The van der Waals surface area contributed by atoms with Crippen molar-refractivity contribution in [2.45, 2.75) is 33.1 Å². The van der Waals surface area contributed by atoms with Crippen LogP contribution in [0.1, 0.15) is 32.3 Å². The largest absolute Gasteiger partial charge is 0.511 e. The second kappa shape index (κ2) is 7.58. The monoisotopic (exact) mass is 411 g/mol. The first kappa shape index (κ1) is 18.6. The van der Waals surface area contributed by atoms with Gasteiger partial charge in [0.1, 0.15) is 5.76 Å². The Balaban J connectivity index is 2.02. The maximum Gasteiger partial charge on any atom is 0.168 e. The number of halogens is 1. The van der Waals surface area contributed by atoms with E-state index in [9.17, 15) is 9.90 Å². The normalized spacial score (nSPS) is 20.3. The minimum atomic E-state index is -0.165. The molecular weight excluding hydrogens is 390 g/mol. The Kier molecular flexibility index (Phi) is 5.42. The van der Waals surface area contributed by atoms with Gasteiger partial charge in [-0.25, -0.2) is 0 Å². The fourth-order valence-electron chi connectivity index (χ4n) is 3.26. The number of hydrogen-bond donors (Lipinski definition) is 1. The molecule has 0 aliphatic heterocycles. The van der Waals surface area contributed by atoms with E-state index in [0.717, 1.165) is 15.7 Å². The fourth-order valence-corrected chi connectivity index (χ4v) is 3.52. The van der Waals surface area contributed by atoms with Crippen LogP contribution < -0.4 is 0 Å². The van der Waals surface area contributed by atoms with Crippen molar-refractivity contribution >= 4 is 33.1 Å². The lowest BCUT2D eigenvalue weighted by Crippen LogP contribution is -2.32. The Bertz CT molecular complexity index is 865. The summed E-state index contributed by atoms with van der Waals surface area (Å²) in [5.74, 6) is 0.0677. The van der Waals surface area contributed by atoms with Crippen molar-refractivity contribution in [2.75, 3.05) is 0 Å². The van der Waals surface area contributed by atoms with Gasteiger partial charge in [-0.2, -0.15) is 0 Å². The van der Waals surface area contributed by atoms with Gasteiger partial charge in [-0.3, -0.25) is 9.79 Å². The molecule has 1 N–H and O–H groups in total. The number of aliphatic hydroxyl groups excluding tert-OH is 1. The number of carbonyl (C=O) groups excluding carboxylic acids is 1. The molecule has 134 valence electrons. The molecule has 0 atom stereocenters. The standard InChI is InChI=1S/C22H22BrNO2/c1-22(2)13-18(24-17-10-8-16(23)9-11-17)21(20(26)14-22)19(25)12-15-6-4-3-5-7-15/h3-11,25H,12-14H2,1-2H3/b21-19+,24-18?. The van der Waals surface area contributed by atoms with Crippen molar-refractivity contribution in [2.24, 2.45) is 10.4 Å². The average Bonchev–Trinajstić information content (AvgIpc) is 2.56. The van der Waals surface area contributed by atoms with E-state index in [1.807, 2.05) is 54.6 Å². The molecule has 1 fully saturated rings. The summed E-state index contributed by atoms with van der Waals surface area (Å²) in [4.78, 5) is 17.5. The molecule has 0 radical (unpaired) electrons. The van der Waals surface area contributed by atoms with Crippen molar-refractivity contribution in [3.05, 3.63) is 76.0 Å². The molecule has 1 aliphatic rings. The number of hydrogen-bond acceptors (Lipinski definition) is 3. The van der Waals surface area contributed by atoms with Crippen molar-refractivity contribution in [1.82, 2.24) is 0 Å². The first-order valence-corrected chi connectivity index (χ1v) is 9.46. The van der Waals surface area contributed by atoms with Crippen LogP contribution in [0, 0.1) is 5.41 Å². The van der Waals surface area contributed by atoms with Gasteiger partial charge >= 0.3 is 0 Å². The Labute approximate surface area is 162 Å². The average molecular weight is 412 g/mol. The van der Waals surface area contributed by atoms with Crippen molar-refractivity contribution in [1.29, 1.82) is 0 Å². The van der Waals surface area contributed by atoms with Gasteiger partial charge in [0.2, 0.25) is 0 Å². The van der Waals surface area contributed by atoms with Crippen LogP contribution in [-0.4, -0.2) is 16.6 Å². The highest BCUT2D eigenvalue weighted by Gasteiger charge is 2.36. The maximum absolute atomic E-state index is 12.8. The molecule has 0 amide bonds. The van der Waals surface area contributed by atoms with Crippen LogP contribution in [0.2, 0.25) is 0 Å². The molecule has 0 bridgehead atoms. The topological polar surface area (TPSA) is 49.7 Å². The van der Waals surface area contributed by atoms with Gasteiger partial charge in [0.05, 0.1) is 17.0 Å². The van der Waals surface area contributed by atoms with Crippen molar-refractivity contribution < 1.29 is 9.90 Å². The third-order valence-electron chi connectivity index (χ3n) is 4.45. The molecule has 0 aromatic heterocycles. The van der Waals surface area contributed by atoms with E-state index in [-0.39, 0.29) is 17.0 Å². The molecule has 0 unspecified atom stereocenters. The second-order valence-corrected chi connectivity index (χ2v) is 8.38. The number of nitrogens with zero attached hydrogens (tertiary/aromatic N) is 1. The summed E-state index contributed by atoms with van der Waals surface area (Å²) < 4.78 is 0.976. The highest BCUT2D eigenvalue weighted by molar-refractivity contribution is 9.10. The molecule has 2 aromatic rings. The number of carbonyl (C=O) groups is 1. The second-order valence-electron chi connectivity index (χ2n) is 7.46. The zero-order valence-corrected chi connectivity index (χ0v) is 16.6. The van der Waals surface area contributed by atoms with E-state index in [1.165, 1.54) is 0 Å². The highest BCUT2D eigenvalue weighted by atomic mass is 79.9. The first-order valence-electron chi connectivity index (χ1n) is 8.67. The van der Waals surface area contributed by atoms with Crippen molar-refractivity contribution in [3.8, 4) is 0 Å². The quantitative estimate of drug-likeness (QED) is 0.499. The lowest BCUT2D eigenvalue weighted by Gasteiger charge is -2.31. The van der Waals surface area contributed by atoms with Crippen LogP contribution in [-0.2, 0) is 11.2 Å². The Morgan fingerprint density at radius 3 is 2.38 bits per heavy atom. The van der Waals surface area contributed by atoms with Gasteiger partial charge < -0.3 is 5.11 Å². The van der Waals surface area contributed by atoms with Gasteiger partial charge in [-0.05, 0) is 41.7 Å². The third kappa shape index (κ3) is 4.50. The van der Waals surface area contributed by atoms with Crippen LogP contribution in [0.15, 0.2) is 75.4 Å². The molecule has 3 rings (SSSR count). The summed E-state index contributed by atoms with van der Waals surface area (Å²) >= 11 is 3.42.